The molecule has 3 aromatic rings. The minimum absolute atomic E-state index is 0.00362. The van der Waals surface area contributed by atoms with E-state index < -0.39 is 0 Å². The van der Waals surface area contributed by atoms with Crippen LogP contribution in [0.2, 0.25) is 0 Å². The molecule has 7 heteroatoms. The van der Waals surface area contributed by atoms with Gasteiger partial charge < -0.3 is 9.73 Å². The SMILES string of the molecule is Cc1ccc(-c2nnc(SCC(=O)NC(C)c3cccs3)o2)cc1. The number of hydrogen-bond acceptors (Lipinski definition) is 6. The molecule has 0 radical (unpaired) electrons. The number of thiophene rings is 1. The number of hydrogen-bond donors (Lipinski definition) is 1. The van der Waals surface area contributed by atoms with E-state index in [2.05, 4.69) is 15.5 Å². The van der Waals surface area contributed by atoms with Gasteiger partial charge in [0.1, 0.15) is 0 Å². The molecule has 5 nitrogen and oxygen atoms in total. The molecule has 1 atom stereocenters. The average molecular weight is 359 g/mol. The van der Waals surface area contributed by atoms with Gasteiger partial charge in [0.2, 0.25) is 11.8 Å². The largest absolute Gasteiger partial charge is 0.411 e. The molecule has 1 amide bonds. The average Bonchev–Trinajstić information content (AvgIpc) is 3.25. The number of aryl methyl sites for hydroxylation is 1. The highest BCUT2D eigenvalue weighted by molar-refractivity contribution is 7.99. The molecule has 1 N–H and O–H groups in total. The van der Waals surface area contributed by atoms with Gasteiger partial charge in [-0.3, -0.25) is 4.79 Å². The second-order valence-corrected chi connectivity index (χ2v) is 7.24. The number of nitrogens with one attached hydrogen (secondary N) is 1. The van der Waals surface area contributed by atoms with Gasteiger partial charge in [0.05, 0.1) is 11.8 Å². The standard InChI is InChI=1S/C17H17N3O2S2/c1-11-5-7-13(8-6-11)16-19-20-17(22-16)24-10-15(21)18-12(2)14-4-3-9-23-14/h3-9,12H,10H2,1-2H3,(H,18,21). The second-order valence-electron chi connectivity index (χ2n) is 5.33. The molecular formula is C17H17N3O2S2. The van der Waals surface area contributed by atoms with Gasteiger partial charge in [-0.2, -0.15) is 0 Å². The second kappa shape index (κ2) is 7.63. The third-order valence-electron chi connectivity index (χ3n) is 3.38. The van der Waals surface area contributed by atoms with Crippen molar-refractivity contribution in [3.8, 4) is 11.5 Å². The molecule has 1 unspecified atom stereocenters. The number of thioether (sulfide) groups is 1. The smallest absolute Gasteiger partial charge is 0.277 e. The first-order chi connectivity index (χ1) is 11.6. The van der Waals surface area contributed by atoms with Crippen LogP contribution in [0.4, 0.5) is 0 Å². The summed E-state index contributed by atoms with van der Waals surface area (Å²) in [6.45, 7) is 3.99. The van der Waals surface area contributed by atoms with Crippen LogP contribution in [0.1, 0.15) is 23.4 Å². The van der Waals surface area contributed by atoms with E-state index in [9.17, 15) is 4.79 Å². The summed E-state index contributed by atoms with van der Waals surface area (Å²) < 4.78 is 5.60. The summed E-state index contributed by atoms with van der Waals surface area (Å²) in [6, 6.07) is 11.8. The fourth-order valence-corrected chi connectivity index (χ4v) is 3.41. The van der Waals surface area contributed by atoms with E-state index in [0.29, 0.717) is 11.1 Å². The fourth-order valence-electron chi connectivity index (χ4n) is 2.10. The Bertz CT molecular complexity index is 798. The Balaban J connectivity index is 1.53. The van der Waals surface area contributed by atoms with Gasteiger partial charge >= 0.3 is 0 Å². The number of carbonyl (C=O) groups is 1. The predicted molar refractivity (Wildman–Crippen MR) is 96.1 cm³/mol. The molecule has 24 heavy (non-hydrogen) atoms. The Labute approximate surface area is 148 Å². The molecule has 0 aliphatic carbocycles. The van der Waals surface area contributed by atoms with E-state index in [-0.39, 0.29) is 17.7 Å². The molecule has 3 rings (SSSR count). The summed E-state index contributed by atoms with van der Waals surface area (Å²) in [6.07, 6.45) is 0. The summed E-state index contributed by atoms with van der Waals surface area (Å²) in [5.41, 5.74) is 2.04. The highest BCUT2D eigenvalue weighted by Gasteiger charge is 2.13. The quantitative estimate of drug-likeness (QED) is 0.672. The van der Waals surface area contributed by atoms with Crippen molar-refractivity contribution in [3.63, 3.8) is 0 Å². The van der Waals surface area contributed by atoms with Crippen molar-refractivity contribution in [1.82, 2.24) is 15.5 Å². The van der Waals surface area contributed by atoms with Gasteiger partial charge in [0, 0.05) is 10.4 Å². The van der Waals surface area contributed by atoms with Crippen LogP contribution in [0.5, 0.6) is 0 Å². The highest BCUT2D eigenvalue weighted by Crippen LogP contribution is 2.24. The predicted octanol–water partition coefficient (Wildman–Crippen LogP) is 4.08. The van der Waals surface area contributed by atoms with E-state index in [1.807, 2.05) is 55.6 Å². The van der Waals surface area contributed by atoms with Gasteiger partial charge in [0.15, 0.2) is 0 Å². The van der Waals surface area contributed by atoms with Crippen molar-refractivity contribution in [3.05, 3.63) is 52.2 Å². The van der Waals surface area contributed by atoms with Crippen LogP contribution in [0.25, 0.3) is 11.5 Å². The first-order valence-corrected chi connectivity index (χ1v) is 9.34. The minimum Gasteiger partial charge on any atom is -0.411 e. The number of amides is 1. The molecule has 0 bridgehead atoms. The maximum Gasteiger partial charge on any atom is 0.277 e. The molecule has 1 aromatic carbocycles. The third kappa shape index (κ3) is 4.24. The maximum absolute atomic E-state index is 12.0. The first-order valence-electron chi connectivity index (χ1n) is 7.48. The lowest BCUT2D eigenvalue weighted by molar-refractivity contribution is -0.119. The van der Waals surface area contributed by atoms with Gasteiger partial charge in [-0.25, -0.2) is 0 Å². The van der Waals surface area contributed by atoms with Crippen molar-refractivity contribution in [2.24, 2.45) is 0 Å². The van der Waals surface area contributed by atoms with Crippen LogP contribution in [-0.4, -0.2) is 21.9 Å². The molecule has 0 spiro atoms. The van der Waals surface area contributed by atoms with Gasteiger partial charge in [0.25, 0.3) is 5.22 Å². The zero-order valence-corrected chi connectivity index (χ0v) is 15.0. The highest BCUT2D eigenvalue weighted by atomic mass is 32.2. The Morgan fingerprint density at radius 1 is 1.29 bits per heavy atom. The van der Waals surface area contributed by atoms with Crippen molar-refractivity contribution in [2.45, 2.75) is 25.1 Å². The summed E-state index contributed by atoms with van der Waals surface area (Å²) >= 11 is 2.86. The fraction of sp³-hybridized carbons (Fsp3) is 0.235. The Morgan fingerprint density at radius 2 is 2.08 bits per heavy atom. The molecule has 0 fully saturated rings. The number of aromatic nitrogens is 2. The lowest BCUT2D eigenvalue weighted by Gasteiger charge is -2.11. The van der Waals surface area contributed by atoms with Crippen molar-refractivity contribution in [2.75, 3.05) is 5.75 Å². The monoisotopic (exact) mass is 359 g/mol. The maximum atomic E-state index is 12.0. The van der Waals surface area contributed by atoms with E-state index in [1.54, 1.807) is 11.3 Å². The summed E-state index contributed by atoms with van der Waals surface area (Å²) in [5.74, 6) is 0.645. The number of rotatable bonds is 6. The van der Waals surface area contributed by atoms with Crippen LogP contribution in [0.3, 0.4) is 0 Å². The summed E-state index contributed by atoms with van der Waals surface area (Å²) in [5, 5.41) is 13.4. The summed E-state index contributed by atoms with van der Waals surface area (Å²) in [7, 11) is 0. The van der Waals surface area contributed by atoms with Crippen molar-refractivity contribution < 1.29 is 9.21 Å². The molecular weight excluding hydrogens is 342 g/mol. The Morgan fingerprint density at radius 3 is 2.79 bits per heavy atom. The third-order valence-corrected chi connectivity index (χ3v) is 5.25. The molecule has 0 aliphatic rings. The molecule has 0 saturated carbocycles. The van der Waals surface area contributed by atoms with Crippen LogP contribution in [0, 0.1) is 6.92 Å². The number of nitrogens with zero attached hydrogens (tertiary/aromatic N) is 2. The van der Waals surface area contributed by atoms with Gasteiger partial charge in [-0.1, -0.05) is 35.5 Å². The van der Waals surface area contributed by atoms with Gasteiger partial charge in [-0.15, -0.1) is 21.5 Å². The molecule has 0 saturated heterocycles. The zero-order chi connectivity index (χ0) is 16.9. The van der Waals surface area contributed by atoms with E-state index in [0.717, 1.165) is 10.4 Å². The first kappa shape index (κ1) is 16.7. The topological polar surface area (TPSA) is 68.0 Å². The summed E-state index contributed by atoms with van der Waals surface area (Å²) in [4.78, 5) is 13.2. The van der Waals surface area contributed by atoms with Crippen LogP contribution >= 0.6 is 23.1 Å². The van der Waals surface area contributed by atoms with E-state index in [4.69, 9.17) is 4.42 Å². The van der Waals surface area contributed by atoms with E-state index in [1.165, 1.54) is 17.3 Å². The Kier molecular flexibility index (Phi) is 5.32. The molecule has 0 aliphatic heterocycles. The molecule has 2 heterocycles. The van der Waals surface area contributed by atoms with Crippen LogP contribution < -0.4 is 5.32 Å². The molecule has 2 aromatic heterocycles. The van der Waals surface area contributed by atoms with Crippen molar-refractivity contribution in [1.29, 1.82) is 0 Å². The number of benzene rings is 1. The Hall–Kier alpha value is -2.12. The number of carbonyl (C=O) groups excluding carboxylic acids is 1. The lowest BCUT2D eigenvalue weighted by atomic mass is 10.1. The van der Waals surface area contributed by atoms with Crippen molar-refractivity contribution >= 4 is 29.0 Å². The van der Waals surface area contributed by atoms with Crippen LogP contribution in [0.15, 0.2) is 51.4 Å². The lowest BCUT2D eigenvalue weighted by Crippen LogP contribution is -2.27. The van der Waals surface area contributed by atoms with Crippen LogP contribution in [-0.2, 0) is 4.79 Å². The zero-order valence-electron chi connectivity index (χ0n) is 13.4. The van der Waals surface area contributed by atoms with Gasteiger partial charge in [-0.05, 0) is 37.4 Å². The normalized spacial score (nSPS) is 12.1. The van der Waals surface area contributed by atoms with E-state index >= 15 is 0 Å². The molecule has 124 valence electrons. The minimum atomic E-state index is -0.0593.